The average molecular weight is 250 g/mol. The lowest BCUT2D eigenvalue weighted by molar-refractivity contribution is -0.129. The molecule has 1 aromatic rings. The average Bonchev–Trinajstić information content (AvgIpc) is 2.35. The van der Waals surface area contributed by atoms with E-state index in [1.165, 1.54) is 5.56 Å². The summed E-state index contributed by atoms with van der Waals surface area (Å²) in [4.78, 5) is 13.3. The van der Waals surface area contributed by atoms with Crippen molar-refractivity contribution in [1.29, 1.82) is 0 Å². The molecule has 4 heteroatoms. The van der Waals surface area contributed by atoms with Crippen molar-refractivity contribution in [2.75, 3.05) is 33.3 Å². The van der Waals surface area contributed by atoms with Gasteiger partial charge < -0.3 is 15.0 Å². The lowest BCUT2D eigenvalue weighted by Gasteiger charge is -2.17. The first-order chi connectivity index (χ1) is 8.63. The normalized spacial score (nSPS) is 10.2. The van der Waals surface area contributed by atoms with Gasteiger partial charge in [0.05, 0.1) is 13.1 Å². The third-order valence-electron chi connectivity index (χ3n) is 2.64. The van der Waals surface area contributed by atoms with Crippen LogP contribution >= 0.6 is 0 Å². The second-order valence-electron chi connectivity index (χ2n) is 4.26. The number of likely N-dealkylation sites (N-methyl/N-ethyl adjacent to an activating group) is 2. The minimum absolute atomic E-state index is 0.0877. The second kappa shape index (κ2) is 7.71. The molecule has 0 aliphatic carbocycles. The van der Waals surface area contributed by atoms with E-state index in [1.54, 1.807) is 11.9 Å². The van der Waals surface area contributed by atoms with Crippen LogP contribution in [0, 0.1) is 6.92 Å². The fourth-order valence-corrected chi connectivity index (χ4v) is 1.50. The SMILES string of the molecule is CCNCC(=O)N(C)CCOc1cccc(C)c1. The van der Waals surface area contributed by atoms with Crippen LogP contribution in [0.3, 0.4) is 0 Å². The number of aryl methyl sites for hydroxylation is 1. The van der Waals surface area contributed by atoms with E-state index in [9.17, 15) is 4.79 Å². The Kier molecular flexibility index (Phi) is 6.22. The summed E-state index contributed by atoms with van der Waals surface area (Å²) < 4.78 is 5.60. The molecule has 4 nitrogen and oxygen atoms in total. The predicted molar refractivity (Wildman–Crippen MR) is 72.9 cm³/mol. The second-order valence-corrected chi connectivity index (χ2v) is 4.26. The van der Waals surface area contributed by atoms with Gasteiger partial charge in [0.2, 0.25) is 5.91 Å². The van der Waals surface area contributed by atoms with E-state index in [1.807, 2.05) is 38.1 Å². The highest BCUT2D eigenvalue weighted by Crippen LogP contribution is 2.11. The van der Waals surface area contributed by atoms with Crippen molar-refractivity contribution in [1.82, 2.24) is 10.2 Å². The van der Waals surface area contributed by atoms with E-state index in [4.69, 9.17) is 4.74 Å². The summed E-state index contributed by atoms with van der Waals surface area (Å²) in [5.74, 6) is 0.937. The molecule has 1 N–H and O–H groups in total. The zero-order chi connectivity index (χ0) is 13.4. The molecule has 0 spiro atoms. The number of amides is 1. The van der Waals surface area contributed by atoms with Crippen LogP contribution in [-0.4, -0.2) is 44.1 Å². The van der Waals surface area contributed by atoms with Crippen LogP contribution in [0.1, 0.15) is 12.5 Å². The van der Waals surface area contributed by atoms with Gasteiger partial charge in [0.1, 0.15) is 12.4 Å². The summed E-state index contributed by atoms with van der Waals surface area (Å²) in [5.41, 5.74) is 1.17. The van der Waals surface area contributed by atoms with E-state index < -0.39 is 0 Å². The molecule has 0 fully saturated rings. The van der Waals surface area contributed by atoms with E-state index in [0.29, 0.717) is 19.7 Å². The van der Waals surface area contributed by atoms with Crippen molar-refractivity contribution >= 4 is 5.91 Å². The highest BCUT2D eigenvalue weighted by atomic mass is 16.5. The van der Waals surface area contributed by atoms with Crippen LogP contribution in [0.25, 0.3) is 0 Å². The molecule has 18 heavy (non-hydrogen) atoms. The predicted octanol–water partition coefficient (Wildman–Crippen LogP) is 1.44. The summed E-state index contributed by atoms with van der Waals surface area (Å²) in [6.07, 6.45) is 0. The van der Waals surface area contributed by atoms with Gasteiger partial charge in [-0.2, -0.15) is 0 Å². The molecular formula is C14H22N2O2. The molecular weight excluding hydrogens is 228 g/mol. The minimum atomic E-state index is 0.0877. The molecule has 0 aliphatic heterocycles. The zero-order valence-corrected chi connectivity index (χ0v) is 11.4. The van der Waals surface area contributed by atoms with Crippen molar-refractivity contribution in [2.45, 2.75) is 13.8 Å². The van der Waals surface area contributed by atoms with Crippen LogP contribution in [0.2, 0.25) is 0 Å². The first kappa shape index (κ1) is 14.5. The number of hydrogen-bond donors (Lipinski definition) is 1. The summed E-state index contributed by atoms with van der Waals surface area (Å²) in [6.45, 7) is 6.31. The molecule has 0 unspecified atom stereocenters. The largest absolute Gasteiger partial charge is 0.492 e. The maximum atomic E-state index is 11.6. The third-order valence-corrected chi connectivity index (χ3v) is 2.64. The van der Waals surface area contributed by atoms with Crippen molar-refractivity contribution in [3.05, 3.63) is 29.8 Å². The Morgan fingerprint density at radius 3 is 2.89 bits per heavy atom. The first-order valence-electron chi connectivity index (χ1n) is 6.27. The number of rotatable bonds is 7. The van der Waals surface area contributed by atoms with Gasteiger partial charge in [-0.1, -0.05) is 19.1 Å². The monoisotopic (exact) mass is 250 g/mol. The molecule has 0 atom stereocenters. The molecule has 0 aromatic heterocycles. The summed E-state index contributed by atoms with van der Waals surface area (Å²) in [6, 6.07) is 7.90. The summed E-state index contributed by atoms with van der Waals surface area (Å²) >= 11 is 0. The molecule has 0 aliphatic rings. The van der Waals surface area contributed by atoms with Gasteiger partial charge in [-0.3, -0.25) is 4.79 Å². The van der Waals surface area contributed by atoms with Gasteiger partial charge in [-0.15, -0.1) is 0 Å². The molecule has 1 amide bonds. The van der Waals surface area contributed by atoms with Gasteiger partial charge >= 0.3 is 0 Å². The number of nitrogens with zero attached hydrogens (tertiary/aromatic N) is 1. The molecule has 0 saturated carbocycles. The van der Waals surface area contributed by atoms with E-state index >= 15 is 0 Å². The topological polar surface area (TPSA) is 41.6 Å². The molecule has 0 radical (unpaired) electrons. The molecule has 1 rings (SSSR count). The number of ether oxygens (including phenoxy) is 1. The van der Waals surface area contributed by atoms with Gasteiger partial charge in [-0.05, 0) is 31.2 Å². The van der Waals surface area contributed by atoms with Crippen molar-refractivity contribution < 1.29 is 9.53 Å². The Morgan fingerprint density at radius 2 is 2.22 bits per heavy atom. The summed E-state index contributed by atoms with van der Waals surface area (Å²) in [5, 5.41) is 3.01. The van der Waals surface area contributed by atoms with Gasteiger partial charge in [0.25, 0.3) is 0 Å². The fraction of sp³-hybridized carbons (Fsp3) is 0.500. The van der Waals surface area contributed by atoms with E-state index in [2.05, 4.69) is 5.32 Å². The molecule has 0 bridgehead atoms. The number of benzene rings is 1. The number of carbonyl (C=O) groups excluding carboxylic acids is 1. The zero-order valence-electron chi connectivity index (χ0n) is 11.4. The lowest BCUT2D eigenvalue weighted by atomic mass is 10.2. The number of carbonyl (C=O) groups is 1. The fourth-order valence-electron chi connectivity index (χ4n) is 1.50. The Morgan fingerprint density at radius 1 is 1.44 bits per heavy atom. The van der Waals surface area contributed by atoms with Gasteiger partial charge in [0.15, 0.2) is 0 Å². The highest BCUT2D eigenvalue weighted by molar-refractivity contribution is 5.77. The molecule has 0 heterocycles. The molecule has 0 saturated heterocycles. The molecule has 1 aromatic carbocycles. The van der Waals surface area contributed by atoms with E-state index in [0.717, 1.165) is 12.3 Å². The van der Waals surface area contributed by atoms with E-state index in [-0.39, 0.29) is 5.91 Å². The lowest BCUT2D eigenvalue weighted by Crippen LogP contribution is -2.37. The Hall–Kier alpha value is -1.55. The number of nitrogens with one attached hydrogen (secondary N) is 1. The summed E-state index contributed by atoms with van der Waals surface area (Å²) in [7, 11) is 1.79. The van der Waals surface area contributed by atoms with Crippen LogP contribution in [-0.2, 0) is 4.79 Å². The van der Waals surface area contributed by atoms with Gasteiger partial charge in [0, 0.05) is 7.05 Å². The quantitative estimate of drug-likeness (QED) is 0.796. The Labute approximate surface area is 109 Å². The Balaban J connectivity index is 2.26. The van der Waals surface area contributed by atoms with Crippen LogP contribution < -0.4 is 10.1 Å². The van der Waals surface area contributed by atoms with Crippen LogP contribution in [0.4, 0.5) is 0 Å². The first-order valence-corrected chi connectivity index (χ1v) is 6.27. The standard InChI is InChI=1S/C14H22N2O2/c1-4-15-11-14(17)16(3)8-9-18-13-7-5-6-12(2)10-13/h5-7,10,15H,4,8-9,11H2,1-3H3. The maximum Gasteiger partial charge on any atom is 0.236 e. The third kappa shape index (κ3) is 5.19. The van der Waals surface area contributed by atoms with Crippen LogP contribution in [0.15, 0.2) is 24.3 Å². The maximum absolute atomic E-state index is 11.6. The van der Waals surface area contributed by atoms with Crippen molar-refractivity contribution in [3.63, 3.8) is 0 Å². The minimum Gasteiger partial charge on any atom is -0.492 e. The Bertz CT molecular complexity index is 380. The van der Waals surface area contributed by atoms with Crippen molar-refractivity contribution in [3.8, 4) is 5.75 Å². The van der Waals surface area contributed by atoms with Gasteiger partial charge in [-0.25, -0.2) is 0 Å². The van der Waals surface area contributed by atoms with Crippen molar-refractivity contribution in [2.24, 2.45) is 0 Å². The smallest absolute Gasteiger partial charge is 0.236 e. The molecule has 100 valence electrons. The van der Waals surface area contributed by atoms with Crippen LogP contribution in [0.5, 0.6) is 5.75 Å². The highest BCUT2D eigenvalue weighted by Gasteiger charge is 2.07. The number of hydrogen-bond acceptors (Lipinski definition) is 3.